The lowest BCUT2D eigenvalue weighted by atomic mass is 10.0. The van der Waals surface area contributed by atoms with Crippen molar-refractivity contribution in [3.63, 3.8) is 0 Å². The fourth-order valence-electron chi connectivity index (χ4n) is 2.44. The van der Waals surface area contributed by atoms with Gasteiger partial charge in [-0.25, -0.2) is 9.78 Å². The molecule has 6 nitrogen and oxygen atoms in total. The van der Waals surface area contributed by atoms with E-state index in [0.29, 0.717) is 10.9 Å². The van der Waals surface area contributed by atoms with Gasteiger partial charge in [-0.3, -0.25) is 4.79 Å². The molecule has 7 heteroatoms. The molecule has 0 saturated carbocycles. The van der Waals surface area contributed by atoms with E-state index in [1.807, 2.05) is 32.9 Å². The monoisotopic (exact) mass is 362 g/mol. The zero-order valence-corrected chi connectivity index (χ0v) is 15.4. The van der Waals surface area contributed by atoms with Crippen LogP contribution in [0.2, 0.25) is 0 Å². The quantitative estimate of drug-likeness (QED) is 0.742. The Hall–Kier alpha value is -2.41. The van der Waals surface area contributed by atoms with Crippen LogP contribution < -0.4 is 10.1 Å². The number of carbonyl (C=O) groups is 2. The minimum Gasteiger partial charge on any atom is -0.482 e. The number of nitrogens with zero attached hydrogens (tertiary/aromatic N) is 1. The highest BCUT2D eigenvalue weighted by Crippen LogP contribution is 2.31. The van der Waals surface area contributed by atoms with E-state index in [2.05, 4.69) is 10.3 Å². The van der Waals surface area contributed by atoms with Gasteiger partial charge in [-0.2, -0.15) is 0 Å². The van der Waals surface area contributed by atoms with Crippen LogP contribution in [0.25, 0.3) is 11.3 Å². The second-order valence-corrected chi connectivity index (χ2v) is 6.84. The summed E-state index contributed by atoms with van der Waals surface area (Å²) in [5.41, 5.74) is 1.69. The number of aliphatic carboxylic acids is 1. The molecule has 0 fully saturated rings. The number of rotatable bonds is 8. The van der Waals surface area contributed by atoms with Crippen molar-refractivity contribution in [2.75, 3.05) is 11.9 Å². The third kappa shape index (κ3) is 5.03. The molecule has 0 aliphatic rings. The number of aryl methyl sites for hydroxylation is 1. The number of hydrogen-bond donors (Lipinski definition) is 2. The molecule has 2 aromatic rings. The molecular formula is C18H22N2O4S. The maximum atomic E-state index is 12.2. The first-order chi connectivity index (χ1) is 11.9. The number of thiazole rings is 1. The lowest BCUT2D eigenvalue weighted by molar-refractivity contribution is -0.139. The summed E-state index contributed by atoms with van der Waals surface area (Å²) >= 11 is 1.44. The van der Waals surface area contributed by atoms with E-state index in [-0.39, 0.29) is 18.4 Å². The standard InChI is InChI=1S/C18H22N2O4S/c1-4-12(5-2)17(23)20-18-19-16(11(3)25-18)13-6-8-14(9-7-13)24-10-15(21)22/h6-9,12H,4-5,10H2,1-3H3,(H,21,22)(H,19,20,23). The van der Waals surface area contributed by atoms with Gasteiger partial charge in [0, 0.05) is 16.4 Å². The Morgan fingerprint density at radius 2 is 1.88 bits per heavy atom. The zero-order valence-electron chi connectivity index (χ0n) is 14.5. The first-order valence-corrected chi connectivity index (χ1v) is 8.99. The summed E-state index contributed by atoms with van der Waals surface area (Å²) in [5.74, 6) is -0.528. The third-order valence-electron chi connectivity index (χ3n) is 3.87. The Balaban J connectivity index is 2.11. The lowest BCUT2D eigenvalue weighted by Gasteiger charge is -2.10. The average molecular weight is 362 g/mol. The smallest absolute Gasteiger partial charge is 0.341 e. The van der Waals surface area contributed by atoms with Crippen LogP contribution in [0, 0.1) is 12.8 Å². The lowest BCUT2D eigenvalue weighted by Crippen LogP contribution is -2.21. The molecule has 1 aromatic carbocycles. The van der Waals surface area contributed by atoms with Crippen molar-refractivity contribution in [3.8, 4) is 17.0 Å². The van der Waals surface area contributed by atoms with E-state index < -0.39 is 5.97 Å². The molecule has 0 unspecified atom stereocenters. The third-order valence-corrected chi connectivity index (χ3v) is 4.76. The summed E-state index contributed by atoms with van der Waals surface area (Å²) < 4.78 is 5.12. The molecule has 0 spiro atoms. The minimum atomic E-state index is -1.02. The number of nitrogens with one attached hydrogen (secondary N) is 1. The van der Waals surface area contributed by atoms with Crippen LogP contribution in [0.15, 0.2) is 24.3 Å². The maximum Gasteiger partial charge on any atom is 0.341 e. The van der Waals surface area contributed by atoms with Crippen molar-refractivity contribution in [1.82, 2.24) is 4.98 Å². The first kappa shape index (κ1) is 18.9. The Labute approximate surface area is 150 Å². The molecule has 1 heterocycles. The van der Waals surface area contributed by atoms with Gasteiger partial charge in [0.25, 0.3) is 0 Å². The summed E-state index contributed by atoms with van der Waals surface area (Å²) in [6, 6.07) is 7.07. The predicted molar refractivity (Wildman–Crippen MR) is 98.1 cm³/mol. The van der Waals surface area contributed by atoms with E-state index in [9.17, 15) is 9.59 Å². The van der Waals surface area contributed by atoms with Crippen LogP contribution in [0.4, 0.5) is 5.13 Å². The summed E-state index contributed by atoms with van der Waals surface area (Å²) in [6.45, 7) is 5.58. The van der Waals surface area contributed by atoms with Gasteiger partial charge in [-0.15, -0.1) is 11.3 Å². The highest BCUT2D eigenvalue weighted by Gasteiger charge is 2.17. The first-order valence-electron chi connectivity index (χ1n) is 8.17. The number of carboxylic acids is 1. The van der Waals surface area contributed by atoms with Crippen LogP contribution in [0.3, 0.4) is 0 Å². The highest BCUT2D eigenvalue weighted by molar-refractivity contribution is 7.16. The molecule has 2 N–H and O–H groups in total. The Morgan fingerprint density at radius 1 is 1.24 bits per heavy atom. The molecule has 1 amide bonds. The molecule has 0 saturated heterocycles. The predicted octanol–water partition coefficient (Wildman–Crippen LogP) is 3.96. The van der Waals surface area contributed by atoms with E-state index >= 15 is 0 Å². The van der Waals surface area contributed by atoms with Gasteiger partial charge in [0.15, 0.2) is 11.7 Å². The molecule has 0 radical (unpaired) electrons. The maximum absolute atomic E-state index is 12.2. The number of anilines is 1. The molecule has 25 heavy (non-hydrogen) atoms. The van der Waals surface area contributed by atoms with Crippen molar-refractivity contribution in [3.05, 3.63) is 29.1 Å². The number of amides is 1. The van der Waals surface area contributed by atoms with Gasteiger partial charge < -0.3 is 15.2 Å². The number of carboxylic acid groups (broad SMARTS) is 1. The molecular weight excluding hydrogens is 340 g/mol. The number of ether oxygens (including phenoxy) is 1. The van der Waals surface area contributed by atoms with Crippen molar-refractivity contribution >= 4 is 28.3 Å². The second-order valence-electron chi connectivity index (χ2n) is 5.63. The Morgan fingerprint density at radius 3 is 2.44 bits per heavy atom. The van der Waals surface area contributed by atoms with Crippen molar-refractivity contribution < 1.29 is 19.4 Å². The van der Waals surface area contributed by atoms with Gasteiger partial charge in [-0.1, -0.05) is 13.8 Å². The summed E-state index contributed by atoms with van der Waals surface area (Å²) in [7, 11) is 0. The van der Waals surface area contributed by atoms with Gasteiger partial charge in [0.1, 0.15) is 5.75 Å². The van der Waals surface area contributed by atoms with Gasteiger partial charge in [-0.05, 0) is 44.0 Å². The molecule has 134 valence electrons. The molecule has 0 atom stereocenters. The van der Waals surface area contributed by atoms with Crippen LogP contribution >= 0.6 is 11.3 Å². The fraction of sp³-hybridized carbons (Fsp3) is 0.389. The normalized spacial score (nSPS) is 10.7. The molecule has 0 aliphatic heterocycles. The second kappa shape index (κ2) is 8.62. The number of hydrogen-bond acceptors (Lipinski definition) is 5. The largest absolute Gasteiger partial charge is 0.482 e. The molecule has 2 rings (SSSR count). The van der Waals surface area contributed by atoms with Crippen LogP contribution in [-0.4, -0.2) is 28.6 Å². The van der Waals surface area contributed by atoms with Gasteiger partial charge >= 0.3 is 5.97 Å². The SMILES string of the molecule is CCC(CC)C(=O)Nc1nc(-c2ccc(OCC(=O)O)cc2)c(C)s1. The zero-order chi connectivity index (χ0) is 18.4. The molecule has 0 aliphatic carbocycles. The Kier molecular flexibility index (Phi) is 6.52. The average Bonchev–Trinajstić information content (AvgIpc) is 2.94. The summed E-state index contributed by atoms with van der Waals surface area (Å²) in [6.07, 6.45) is 1.61. The number of aromatic nitrogens is 1. The van der Waals surface area contributed by atoms with Gasteiger partial charge in [0.2, 0.25) is 5.91 Å². The number of benzene rings is 1. The molecule has 1 aromatic heterocycles. The van der Waals surface area contributed by atoms with E-state index in [1.54, 1.807) is 12.1 Å². The van der Waals surface area contributed by atoms with Crippen molar-refractivity contribution in [2.45, 2.75) is 33.6 Å². The van der Waals surface area contributed by atoms with Crippen LogP contribution in [0.1, 0.15) is 31.6 Å². The number of carbonyl (C=O) groups excluding carboxylic acids is 1. The topological polar surface area (TPSA) is 88.5 Å². The summed E-state index contributed by atoms with van der Waals surface area (Å²) in [4.78, 5) is 28.2. The summed E-state index contributed by atoms with van der Waals surface area (Å²) in [5, 5.41) is 12.1. The van der Waals surface area contributed by atoms with Crippen LogP contribution in [-0.2, 0) is 9.59 Å². The van der Waals surface area contributed by atoms with Crippen molar-refractivity contribution in [2.24, 2.45) is 5.92 Å². The fourth-order valence-corrected chi connectivity index (χ4v) is 3.28. The van der Waals surface area contributed by atoms with Crippen LogP contribution in [0.5, 0.6) is 5.75 Å². The van der Waals surface area contributed by atoms with E-state index in [4.69, 9.17) is 9.84 Å². The van der Waals surface area contributed by atoms with E-state index in [1.165, 1.54) is 11.3 Å². The van der Waals surface area contributed by atoms with Crippen molar-refractivity contribution in [1.29, 1.82) is 0 Å². The minimum absolute atomic E-state index is 0.00155. The van der Waals surface area contributed by atoms with E-state index in [0.717, 1.165) is 29.0 Å². The van der Waals surface area contributed by atoms with Gasteiger partial charge in [0.05, 0.1) is 5.69 Å². The Bertz CT molecular complexity index is 736. The molecule has 0 bridgehead atoms. The highest BCUT2D eigenvalue weighted by atomic mass is 32.1.